The van der Waals surface area contributed by atoms with Crippen LogP contribution in [0.5, 0.6) is 0 Å². The standard InChI is InChI=1S/C16H30N4/c1-4-14(3)20-11-8-15(18-20)12-19(5-2)16(13-17)9-6-7-10-16/h8,11,14H,4-7,9-10,12-13,17H2,1-3H3. The van der Waals surface area contributed by atoms with Crippen molar-refractivity contribution < 1.29 is 0 Å². The lowest BCUT2D eigenvalue weighted by Crippen LogP contribution is -2.51. The van der Waals surface area contributed by atoms with Crippen molar-refractivity contribution in [3.63, 3.8) is 0 Å². The molecule has 114 valence electrons. The molecule has 2 rings (SSSR count). The second-order valence-corrected chi connectivity index (χ2v) is 6.19. The summed E-state index contributed by atoms with van der Waals surface area (Å²) in [6, 6.07) is 2.64. The van der Waals surface area contributed by atoms with Crippen LogP contribution in [0.2, 0.25) is 0 Å². The van der Waals surface area contributed by atoms with Crippen molar-refractivity contribution in [1.29, 1.82) is 0 Å². The van der Waals surface area contributed by atoms with Gasteiger partial charge in [0.15, 0.2) is 0 Å². The van der Waals surface area contributed by atoms with Gasteiger partial charge in [-0.1, -0.05) is 26.7 Å². The summed E-state index contributed by atoms with van der Waals surface area (Å²) in [6.45, 7) is 9.40. The first-order chi connectivity index (χ1) is 9.65. The zero-order valence-electron chi connectivity index (χ0n) is 13.3. The molecule has 4 heteroatoms. The van der Waals surface area contributed by atoms with Gasteiger partial charge in [0.1, 0.15) is 0 Å². The molecule has 4 nitrogen and oxygen atoms in total. The van der Waals surface area contributed by atoms with Crippen LogP contribution >= 0.6 is 0 Å². The Hall–Kier alpha value is -0.870. The summed E-state index contributed by atoms with van der Waals surface area (Å²) in [5.41, 5.74) is 7.50. The Kier molecular flexibility index (Phi) is 5.22. The van der Waals surface area contributed by atoms with Crippen molar-refractivity contribution in [3.05, 3.63) is 18.0 Å². The van der Waals surface area contributed by atoms with E-state index in [0.717, 1.165) is 26.1 Å². The molecule has 0 aliphatic heterocycles. The second-order valence-electron chi connectivity index (χ2n) is 6.19. The number of aromatic nitrogens is 2. The van der Waals surface area contributed by atoms with Gasteiger partial charge in [-0.2, -0.15) is 5.10 Å². The van der Waals surface area contributed by atoms with Crippen LogP contribution in [0, 0.1) is 0 Å². The van der Waals surface area contributed by atoms with Crippen LogP contribution < -0.4 is 5.73 Å². The van der Waals surface area contributed by atoms with Crippen molar-refractivity contribution in [2.45, 2.75) is 71.0 Å². The Labute approximate surface area is 123 Å². The average Bonchev–Trinajstić information content (AvgIpc) is 3.13. The molecular formula is C16H30N4. The molecule has 1 saturated carbocycles. The quantitative estimate of drug-likeness (QED) is 0.834. The molecule has 2 N–H and O–H groups in total. The van der Waals surface area contributed by atoms with Crippen molar-refractivity contribution in [2.24, 2.45) is 5.73 Å². The van der Waals surface area contributed by atoms with Crippen LogP contribution in [0.1, 0.15) is 64.6 Å². The van der Waals surface area contributed by atoms with E-state index in [9.17, 15) is 0 Å². The average molecular weight is 278 g/mol. The largest absolute Gasteiger partial charge is 0.329 e. The lowest BCUT2D eigenvalue weighted by atomic mass is 9.95. The zero-order chi connectivity index (χ0) is 14.6. The van der Waals surface area contributed by atoms with Crippen molar-refractivity contribution in [1.82, 2.24) is 14.7 Å². The van der Waals surface area contributed by atoms with E-state index in [0.29, 0.717) is 6.04 Å². The molecule has 1 unspecified atom stereocenters. The fourth-order valence-corrected chi connectivity index (χ4v) is 3.39. The van der Waals surface area contributed by atoms with Crippen LogP contribution in [0.4, 0.5) is 0 Å². The highest BCUT2D eigenvalue weighted by Gasteiger charge is 2.37. The van der Waals surface area contributed by atoms with E-state index in [4.69, 9.17) is 10.8 Å². The molecule has 1 fully saturated rings. The van der Waals surface area contributed by atoms with Gasteiger partial charge in [0, 0.05) is 30.9 Å². The maximum Gasteiger partial charge on any atom is 0.0765 e. The van der Waals surface area contributed by atoms with Crippen molar-refractivity contribution >= 4 is 0 Å². The van der Waals surface area contributed by atoms with Gasteiger partial charge in [-0.25, -0.2) is 0 Å². The Morgan fingerprint density at radius 1 is 1.40 bits per heavy atom. The number of likely N-dealkylation sites (N-methyl/N-ethyl adjacent to an activating group) is 1. The van der Waals surface area contributed by atoms with Crippen LogP contribution in [0.15, 0.2) is 12.3 Å². The van der Waals surface area contributed by atoms with E-state index in [-0.39, 0.29) is 5.54 Å². The minimum Gasteiger partial charge on any atom is -0.329 e. The number of nitrogens with zero attached hydrogens (tertiary/aromatic N) is 3. The summed E-state index contributed by atoms with van der Waals surface area (Å²) >= 11 is 0. The van der Waals surface area contributed by atoms with E-state index in [1.54, 1.807) is 0 Å². The minimum atomic E-state index is 0.217. The highest BCUT2D eigenvalue weighted by atomic mass is 15.3. The van der Waals surface area contributed by atoms with Crippen LogP contribution in [-0.2, 0) is 6.54 Å². The summed E-state index contributed by atoms with van der Waals surface area (Å²) in [6.07, 6.45) is 8.34. The summed E-state index contributed by atoms with van der Waals surface area (Å²) < 4.78 is 2.09. The molecule has 20 heavy (non-hydrogen) atoms. The molecule has 1 atom stereocenters. The number of hydrogen-bond donors (Lipinski definition) is 1. The Morgan fingerprint density at radius 3 is 2.65 bits per heavy atom. The predicted molar refractivity (Wildman–Crippen MR) is 83.6 cm³/mol. The SMILES string of the molecule is CCC(C)n1ccc(CN(CC)C2(CN)CCCC2)n1. The molecule has 1 aromatic rings. The first kappa shape index (κ1) is 15.5. The molecule has 0 aromatic carbocycles. The second kappa shape index (κ2) is 6.72. The highest BCUT2D eigenvalue weighted by Crippen LogP contribution is 2.35. The Bertz CT molecular complexity index is 406. The van der Waals surface area contributed by atoms with Gasteiger partial charge in [0.25, 0.3) is 0 Å². The molecule has 1 aromatic heterocycles. The highest BCUT2D eigenvalue weighted by molar-refractivity contribution is 5.03. The monoisotopic (exact) mass is 278 g/mol. The third-order valence-corrected chi connectivity index (χ3v) is 5.03. The van der Waals surface area contributed by atoms with Gasteiger partial charge in [0.2, 0.25) is 0 Å². The molecule has 0 amide bonds. The van der Waals surface area contributed by atoms with Gasteiger partial charge in [-0.3, -0.25) is 9.58 Å². The lowest BCUT2D eigenvalue weighted by Gasteiger charge is -2.39. The molecule has 0 bridgehead atoms. The molecule has 1 aliphatic rings. The molecular weight excluding hydrogens is 248 g/mol. The van der Waals surface area contributed by atoms with Crippen molar-refractivity contribution in [2.75, 3.05) is 13.1 Å². The summed E-state index contributed by atoms with van der Waals surface area (Å²) in [7, 11) is 0. The van der Waals surface area contributed by atoms with Crippen molar-refractivity contribution in [3.8, 4) is 0 Å². The summed E-state index contributed by atoms with van der Waals surface area (Å²) in [4.78, 5) is 2.54. The van der Waals surface area contributed by atoms with E-state index in [2.05, 4.69) is 42.6 Å². The summed E-state index contributed by atoms with van der Waals surface area (Å²) in [5, 5.41) is 4.74. The van der Waals surface area contributed by atoms with Gasteiger partial charge in [-0.05, 0) is 38.8 Å². The fourth-order valence-electron chi connectivity index (χ4n) is 3.39. The van der Waals surface area contributed by atoms with E-state index >= 15 is 0 Å². The maximum atomic E-state index is 6.11. The molecule has 0 spiro atoms. The van der Waals surface area contributed by atoms with E-state index in [1.165, 1.54) is 31.4 Å². The summed E-state index contributed by atoms with van der Waals surface area (Å²) in [5.74, 6) is 0. The molecule has 0 saturated heterocycles. The lowest BCUT2D eigenvalue weighted by molar-refractivity contribution is 0.0953. The normalized spacial score (nSPS) is 19.6. The number of nitrogens with two attached hydrogens (primary N) is 1. The van der Waals surface area contributed by atoms with E-state index < -0.39 is 0 Å². The molecule has 1 heterocycles. The first-order valence-electron chi connectivity index (χ1n) is 8.14. The van der Waals surface area contributed by atoms with Gasteiger partial charge >= 0.3 is 0 Å². The smallest absolute Gasteiger partial charge is 0.0765 e. The molecule has 0 radical (unpaired) electrons. The maximum absolute atomic E-state index is 6.11. The van der Waals surface area contributed by atoms with E-state index in [1.807, 2.05) is 0 Å². The van der Waals surface area contributed by atoms with Gasteiger partial charge in [-0.15, -0.1) is 0 Å². The number of rotatable bonds is 7. The van der Waals surface area contributed by atoms with Crippen LogP contribution in [-0.4, -0.2) is 33.3 Å². The van der Waals surface area contributed by atoms with Crippen LogP contribution in [0.3, 0.4) is 0 Å². The van der Waals surface area contributed by atoms with Crippen LogP contribution in [0.25, 0.3) is 0 Å². The topological polar surface area (TPSA) is 47.1 Å². The minimum absolute atomic E-state index is 0.217. The molecule has 1 aliphatic carbocycles. The Morgan fingerprint density at radius 2 is 2.10 bits per heavy atom. The zero-order valence-corrected chi connectivity index (χ0v) is 13.3. The van der Waals surface area contributed by atoms with Gasteiger partial charge < -0.3 is 5.73 Å². The predicted octanol–water partition coefficient (Wildman–Crippen LogP) is 2.95. The Balaban J connectivity index is 2.08. The number of hydrogen-bond acceptors (Lipinski definition) is 3. The third-order valence-electron chi connectivity index (χ3n) is 5.03. The third kappa shape index (κ3) is 3.07. The fraction of sp³-hybridized carbons (Fsp3) is 0.812. The van der Waals surface area contributed by atoms with Gasteiger partial charge in [0.05, 0.1) is 5.69 Å². The first-order valence-corrected chi connectivity index (χ1v) is 8.14.